The first-order valence-electron chi connectivity index (χ1n) is 6.72. The van der Waals surface area contributed by atoms with Crippen molar-refractivity contribution in [3.63, 3.8) is 0 Å². The van der Waals surface area contributed by atoms with Gasteiger partial charge in [-0.25, -0.2) is 0 Å². The molecule has 0 heterocycles. The maximum atomic E-state index is 12.6. The van der Waals surface area contributed by atoms with Crippen molar-refractivity contribution in [3.05, 3.63) is 58.6 Å². The highest BCUT2D eigenvalue weighted by Gasteiger charge is 2.31. The minimum Gasteiger partial charge on any atom is -0.456 e. The quantitative estimate of drug-likeness (QED) is 0.615. The van der Waals surface area contributed by atoms with Gasteiger partial charge in [0.15, 0.2) is 0 Å². The van der Waals surface area contributed by atoms with Gasteiger partial charge < -0.3 is 4.74 Å². The molecule has 0 aromatic heterocycles. The van der Waals surface area contributed by atoms with Crippen LogP contribution >= 0.6 is 11.6 Å². The lowest BCUT2D eigenvalue weighted by Crippen LogP contribution is -2.10. The summed E-state index contributed by atoms with van der Waals surface area (Å²) in [6, 6.07) is 10.4. The number of halogens is 4. The van der Waals surface area contributed by atoms with Crippen LogP contribution in [0.5, 0.6) is 11.5 Å². The first-order chi connectivity index (χ1) is 10.1. The SMILES string of the molecule is CC(C)(C)c1ccc(Oc2ccc(C(F)(F)F)cc2Cl)cc1. The fraction of sp³-hybridized carbons (Fsp3) is 0.294. The smallest absolute Gasteiger partial charge is 0.416 e. The van der Waals surface area contributed by atoms with Crippen LogP contribution in [-0.4, -0.2) is 0 Å². The number of benzene rings is 2. The summed E-state index contributed by atoms with van der Waals surface area (Å²) in [6.07, 6.45) is -4.42. The van der Waals surface area contributed by atoms with E-state index < -0.39 is 11.7 Å². The molecule has 0 aliphatic rings. The summed E-state index contributed by atoms with van der Waals surface area (Å²) in [6.45, 7) is 6.28. The summed E-state index contributed by atoms with van der Waals surface area (Å²) >= 11 is 5.86. The van der Waals surface area contributed by atoms with E-state index >= 15 is 0 Å². The third-order valence-electron chi connectivity index (χ3n) is 3.21. The molecule has 22 heavy (non-hydrogen) atoms. The fourth-order valence-corrected chi connectivity index (χ4v) is 2.13. The molecule has 0 aliphatic heterocycles. The minimum atomic E-state index is -4.42. The molecule has 0 radical (unpaired) electrons. The van der Waals surface area contributed by atoms with Gasteiger partial charge >= 0.3 is 6.18 Å². The van der Waals surface area contributed by atoms with E-state index in [1.165, 1.54) is 6.07 Å². The summed E-state index contributed by atoms with van der Waals surface area (Å²) in [7, 11) is 0. The molecule has 2 aromatic rings. The van der Waals surface area contributed by atoms with Crippen LogP contribution in [0.3, 0.4) is 0 Å². The van der Waals surface area contributed by atoms with Crippen molar-refractivity contribution in [2.45, 2.75) is 32.4 Å². The molecule has 0 amide bonds. The average Bonchev–Trinajstić information content (AvgIpc) is 2.39. The van der Waals surface area contributed by atoms with Crippen molar-refractivity contribution in [1.82, 2.24) is 0 Å². The molecule has 2 aromatic carbocycles. The van der Waals surface area contributed by atoms with Crippen LogP contribution in [0.2, 0.25) is 5.02 Å². The molecule has 118 valence electrons. The molecule has 0 saturated carbocycles. The summed E-state index contributed by atoms with van der Waals surface area (Å²) in [5.41, 5.74) is 0.358. The predicted octanol–water partition coefficient (Wildman–Crippen LogP) is 6.45. The fourth-order valence-electron chi connectivity index (χ4n) is 1.91. The van der Waals surface area contributed by atoms with Crippen LogP contribution in [0.25, 0.3) is 0 Å². The molecule has 0 bridgehead atoms. The first-order valence-corrected chi connectivity index (χ1v) is 7.10. The van der Waals surface area contributed by atoms with E-state index in [9.17, 15) is 13.2 Å². The van der Waals surface area contributed by atoms with E-state index in [1.807, 2.05) is 12.1 Å². The Morgan fingerprint density at radius 1 is 0.864 bits per heavy atom. The van der Waals surface area contributed by atoms with E-state index in [0.717, 1.165) is 17.7 Å². The Kier molecular flexibility index (Phi) is 4.43. The van der Waals surface area contributed by atoms with Crippen molar-refractivity contribution in [3.8, 4) is 11.5 Å². The van der Waals surface area contributed by atoms with Crippen molar-refractivity contribution in [1.29, 1.82) is 0 Å². The molecule has 0 atom stereocenters. The second-order valence-electron chi connectivity index (χ2n) is 6.02. The highest BCUT2D eigenvalue weighted by Crippen LogP contribution is 2.36. The molecule has 1 nitrogen and oxygen atoms in total. The predicted molar refractivity (Wildman–Crippen MR) is 81.7 cm³/mol. The van der Waals surface area contributed by atoms with Gasteiger partial charge in [0.05, 0.1) is 10.6 Å². The summed E-state index contributed by atoms with van der Waals surface area (Å²) in [5, 5.41) is -0.0743. The van der Waals surface area contributed by atoms with Gasteiger partial charge in [0, 0.05) is 0 Å². The van der Waals surface area contributed by atoms with Crippen LogP contribution in [-0.2, 0) is 11.6 Å². The molecule has 0 aliphatic carbocycles. The highest BCUT2D eigenvalue weighted by molar-refractivity contribution is 6.32. The Morgan fingerprint density at radius 2 is 1.41 bits per heavy atom. The van der Waals surface area contributed by atoms with E-state index in [0.29, 0.717) is 5.75 Å². The zero-order chi connectivity index (χ0) is 16.5. The van der Waals surface area contributed by atoms with Gasteiger partial charge in [-0.1, -0.05) is 44.5 Å². The zero-order valence-corrected chi connectivity index (χ0v) is 13.2. The topological polar surface area (TPSA) is 9.23 Å². The third-order valence-corrected chi connectivity index (χ3v) is 3.50. The second kappa shape index (κ2) is 5.84. The number of rotatable bonds is 2. The molecule has 0 fully saturated rings. The Labute approximate surface area is 132 Å². The highest BCUT2D eigenvalue weighted by atomic mass is 35.5. The molecular formula is C17H16ClF3O. The number of ether oxygens (including phenoxy) is 1. The Balaban J connectivity index is 2.21. The van der Waals surface area contributed by atoms with Gasteiger partial charge in [0.25, 0.3) is 0 Å². The van der Waals surface area contributed by atoms with Crippen LogP contribution in [0.15, 0.2) is 42.5 Å². The van der Waals surface area contributed by atoms with E-state index in [2.05, 4.69) is 20.8 Å². The van der Waals surface area contributed by atoms with Crippen molar-refractivity contribution >= 4 is 11.6 Å². The van der Waals surface area contributed by atoms with Gasteiger partial charge in [-0.15, -0.1) is 0 Å². The third kappa shape index (κ3) is 3.95. The molecule has 5 heteroatoms. The van der Waals surface area contributed by atoms with Crippen LogP contribution in [0, 0.1) is 0 Å². The summed E-state index contributed by atoms with van der Waals surface area (Å²) < 4.78 is 43.3. The molecule has 2 rings (SSSR count). The molecular weight excluding hydrogens is 313 g/mol. The Bertz CT molecular complexity index is 655. The van der Waals surface area contributed by atoms with Gasteiger partial charge in [-0.2, -0.15) is 13.2 Å². The van der Waals surface area contributed by atoms with E-state index in [1.54, 1.807) is 12.1 Å². The van der Waals surface area contributed by atoms with Crippen molar-refractivity contribution in [2.24, 2.45) is 0 Å². The van der Waals surface area contributed by atoms with Crippen LogP contribution < -0.4 is 4.74 Å². The monoisotopic (exact) mass is 328 g/mol. The number of alkyl halides is 3. The molecule has 0 saturated heterocycles. The second-order valence-corrected chi connectivity index (χ2v) is 6.43. The standard InChI is InChI=1S/C17H16ClF3O/c1-16(2,3)11-4-7-13(8-5-11)22-15-9-6-12(10-14(15)18)17(19,20)21/h4-10H,1-3H3. The summed E-state index contributed by atoms with van der Waals surface area (Å²) in [5.74, 6) is 0.716. The lowest BCUT2D eigenvalue weighted by molar-refractivity contribution is -0.137. The van der Waals surface area contributed by atoms with Crippen LogP contribution in [0.4, 0.5) is 13.2 Å². The maximum absolute atomic E-state index is 12.6. The zero-order valence-electron chi connectivity index (χ0n) is 12.5. The van der Waals surface area contributed by atoms with Gasteiger partial charge in [0.1, 0.15) is 11.5 Å². The number of hydrogen-bond donors (Lipinski definition) is 0. The normalized spacial score (nSPS) is 12.3. The first kappa shape index (κ1) is 16.7. The average molecular weight is 329 g/mol. The summed E-state index contributed by atoms with van der Waals surface area (Å²) in [4.78, 5) is 0. The van der Waals surface area contributed by atoms with Gasteiger partial charge in [0.2, 0.25) is 0 Å². The van der Waals surface area contributed by atoms with E-state index in [4.69, 9.17) is 16.3 Å². The van der Waals surface area contributed by atoms with Gasteiger partial charge in [-0.05, 0) is 41.3 Å². The Hall–Kier alpha value is -1.68. The number of hydrogen-bond acceptors (Lipinski definition) is 1. The molecule has 0 spiro atoms. The maximum Gasteiger partial charge on any atom is 0.416 e. The molecule has 0 N–H and O–H groups in total. The Morgan fingerprint density at radius 3 is 1.86 bits per heavy atom. The van der Waals surface area contributed by atoms with Crippen molar-refractivity contribution in [2.75, 3.05) is 0 Å². The van der Waals surface area contributed by atoms with Gasteiger partial charge in [-0.3, -0.25) is 0 Å². The van der Waals surface area contributed by atoms with Crippen molar-refractivity contribution < 1.29 is 17.9 Å². The molecule has 0 unspecified atom stereocenters. The van der Waals surface area contributed by atoms with E-state index in [-0.39, 0.29) is 16.2 Å². The lowest BCUT2D eigenvalue weighted by atomic mass is 9.87. The minimum absolute atomic E-state index is 0.0184. The largest absolute Gasteiger partial charge is 0.456 e. The lowest BCUT2D eigenvalue weighted by Gasteiger charge is -2.19. The van der Waals surface area contributed by atoms with Crippen LogP contribution in [0.1, 0.15) is 31.9 Å².